The number of nitrogens with one attached hydrogen (secondary N) is 1. The van der Waals surface area contributed by atoms with Gasteiger partial charge in [-0.05, 0) is 31.9 Å². The van der Waals surface area contributed by atoms with Gasteiger partial charge in [0.05, 0.1) is 11.9 Å². The lowest BCUT2D eigenvalue weighted by Crippen LogP contribution is -2.14. The van der Waals surface area contributed by atoms with Crippen molar-refractivity contribution in [3.8, 4) is 5.82 Å². The second kappa shape index (κ2) is 4.25. The Kier molecular flexibility index (Phi) is 2.60. The van der Waals surface area contributed by atoms with Crippen LogP contribution in [0.15, 0.2) is 24.5 Å². The lowest BCUT2D eigenvalue weighted by molar-refractivity contribution is 0.687. The zero-order valence-corrected chi connectivity index (χ0v) is 9.80. The molecule has 1 N–H and O–H groups in total. The molecule has 2 aromatic heterocycles. The highest BCUT2D eigenvalue weighted by molar-refractivity contribution is 5.22. The minimum Gasteiger partial charge on any atom is -0.310 e. The summed E-state index contributed by atoms with van der Waals surface area (Å²) < 4.78 is 1.76. The molecule has 0 saturated heterocycles. The number of aromatic nitrogens is 4. The van der Waals surface area contributed by atoms with Gasteiger partial charge in [-0.3, -0.25) is 0 Å². The van der Waals surface area contributed by atoms with Gasteiger partial charge in [0, 0.05) is 24.3 Å². The third kappa shape index (κ3) is 2.50. The molecule has 0 aromatic carbocycles. The lowest BCUT2D eigenvalue weighted by Gasteiger charge is -1.99. The fraction of sp³-hybridized carbons (Fsp3) is 0.417. The van der Waals surface area contributed by atoms with Crippen molar-refractivity contribution in [1.29, 1.82) is 0 Å². The Hall–Kier alpha value is -1.75. The highest BCUT2D eigenvalue weighted by atomic mass is 15.3. The summed E-state index contributed by atoms with van der Waals surface area (Å²) in [6.07, 6.45) is 6.47. The second-order valence-electron chi connectivity index (χ2n) is 4.48. The molecule has 5 nitrogen and oxygen atoms in total. The normalized spacial score (nSPS) is 15.1. The molecule has 3 rings (SSSR count). The number of aryl methyl sites for hydroxylation is 1. The summed E-state index contributed by atoms with van der Waals surface area (Å²) in [6.45, 7) is 2.80. The van der Waals surface area contributed by atoms with E-state index in [9.17, 15) is 0 Å². The number of rotatable bonds is 4. The van der Waals surface area contributed by atoms with Gasteiger partial charge in [0.15, 0.2) is 5.82 Å². The van der Waals surface area contributed by atoms with Gasteiger partial charge in [-0.25, -0.2) is 4.68 Å². The maximum absolute atomic E-state index is 4.29. The molecule has 88 valence electrons. The topological polar surface area (TPSA) is 55.6 Å². The molecule has 0 bridgehead atoms. The van der Waals surface area contributed by atoms with Crippen molar-refractivity contribution in [2.75, 3.05) is 0 Å². The summed E-state index contributed by atoms with van der Waals surface area (Å²) in [6, 6.07) is 4.58. The SMILES string of the molecule is Cc1ccc(-n2cc(CNC3CC3)cn2)nn1. The van der Waals surface area contributed by atoms with Crippen LogP contribution < -0.4 is 5.32 Å². The van der Waals surface area contributed by atoms with Gasteiger partial charge in [0.25, 0.3) is 0 Å². The van der Waals surface area contributed by atoms with Crippen LogP contribution in [0.25, 0.3) is 5.82 Å². The molecule has 0 spiro atoms. The molecule has 0 radical (unpaired) electrons. The van der Waals surface area contributed by atoms with Crippen LogP contribution in [0.5, 0.6) is 0 Å². The van der Waals surface area contributed by atoms with Gasteiger partial charge < -0.3 is 5.32 Å². The van der Waals surface area contributed by atoms with E-state index in [0.29, 0.717) is 0 Å². The predicted octanol–water partition coefficient (Wildman–Crippen LogP) is 1.22. The maximum Gasteiger partial charge on any atom is 0.175 e. The molecule has 0 aliphatic heterocycles. The molecule has 0 unspecified atom stereocenters. The Bertz CT molecular complexity index is 498. The highest BCUT2D eigenvalue weighted by Gasteiger charge is 2.20. The molecule has 0 atom stereocenters. The van der Waals surface area contributed by atoms with Crippen molar-refractivity contribution >= 4 is 0 Å². The Morgan fingerprint density at radius 3 is 2.94 bits per heavy atom. The minimum atomic E-state index is 0.720. The Balaban J connectivity index is 1.72. The number of hydrogen-bond acceptors (Lipinski definition) is 4. The van der Waals surface area contributed by atoms with Crippen LogP contribution in [-0.4, -0.2) is 26.0 Å². The minimum absolute atomic E-state index is 0.720. The summed E-state index contributed by atoms with van der Waals surface area (Å²) in [5.74, 6) is 0.758. The molecule has 1 aliphatic carbocycles. The molecule has 17 heavy (non-hydrogen) atoms. The fourth-order valence-electron chi connectivity index (χ4n) is 1.64. The average Bonchev–Trinajstić information content (AvgIpc) is 3.06. The van der Waals surface area contributed by atoms with E-state index < -0.39 is 0 Å². The number of hydrogen-bond donors (Lipinski definition) is 1. The van der Waals surface area contributed by atoms with E-state index in [1.807, 2.05) is 31.5 Å². The van der Waals surface area contributed by atoms with Gasteiger partial charge >= 0.3 is 0 Å². The summed E-state index contributed by atoms with van der Waals surface area (Å²) in [4.78, 5) is 0. The molecule has 2 aromatic rings. The van der Waals surface area contributed by atoms with E-state index in [0.717, 1.165) is 24.1 Å². The Labute approximate surface area is 99.9 Å². The van der Waals surface area contributed by atoms with Crippen LogP contribution in [0.2, 0.25) is 0 Å². The van der Waals surface area contributed by atoms with Crippen LogP contribution >= 0.6 is 0 Å². The first-order valence-corrected chi connectivity index (χ1v) is 5.89. The summed E-state index contributed by atoms with van der Waals surface area (Å²) >= 11 is 0. The Morgan fingerprint density at radius 2 is 2.24 bits per heavy atom. The van der Waals surface area contributed by atoms with E-state index in [2.05, 4.69) is 20.6 Å². The number of nitrogens with zero attached hydrogens (tertiary/aromatic N) is 4. The smallest absolute Gasteiger partial charge is 0.175 e. The average molecular weight is 229 g/mol. The molecule has 1 aliphatic rings. The van der Waals surface area contributed by atoms with E-state index >= 15 is 0 Å². The largest absolute Gasteiger partial charge is 0.310 e. The highest BCUT2D eigenvalue weighted by Crippen LogP contribution is 2.19. The summed E-state index contributed by atoms with van der Waals surface area (Å²) in [5, 5.41) is 15.9. The zero-order chi connectivity index (χ0) is 11.7. The summed E-state index contributed by atoms with van der Waals surface area (Å²) in [5.41, 5.74) is 2.09. The maximum atomic E-state index is 4.29. The van der Waals surface area contributed by atoms with Gasteiger partial charge in [-0.1, -0.05) is 0 Å². The second-order valence-corrected chi connectivity index (χ2v) is 4.48. The molecule has 2 heterocycles. The molecule has 0 amide bonds. The monoisotopic (exact) mass is 229 g/mol. The van der Waals surface area contributed by atoms with E-state index in [1.54, 1.807) is 4.68 Å². The van der Waals surface area contributed by atoms with E-state index in [4.69, 9.17) is 0 Å². The first-order valence-electron chi connectivity index (χ1n) is 5.89. The van der Waals surface area contributed by atoms with Crippen LogP contribution in [0.3, 0.4) is 0 Å². The molecular formula is C12H15N5. The molecular weight excluding hydrogens is 214 g/mol. The van der Waals surface area contributed by atoms with Crippen molar-refractivity contribution in [2.45, 2.75) is 32.4 Å². The Morgan fingerprint density at radius 1 is 1.35 bits per heavy atom. The van der Waals surface area contributed by atoms with Crippen LogP contribution in [0.4, 0.5) is 0 Å². The third-order valence-electron chi connectivity index (χ3n) is 2.83. The van der Waals surface area contributed by atoms with Gasteiger partial charge in [0.2, 0.25) is 0 Å². The first kappa shape index (κ1) is 10.4. The molecule has 1 saturated carbocycles. The van der Waals surface area contributed by atoms with Crippen molar-refractivity contribution in [1.82, 2.24) is 25.3 Å². The van der Waals surface area contributed by atoms with Crippen molar-refractivity contribution in [3.05, 3.63) is 35.8 Å². The van der Waals surface area contributed by atoms with Crippen molar-refractivity contribution < 1.29 is 0 Å². The quantitative estimate of drug-likeness (QED) is 0.856. The lowest BCUT2D eigenvalue weighted by atomic mass is 10.3. The van der Waals surface area contributed by atoms with E-state index in [1.165, 1.54) is 18.4 Å². The molecule has 5 heteroatoms. The van der Waals surface area contributed by atoms with Crippen molar-refractivity contribution in [2.24, 2.45) is 0 Å². The van der Waals surface area contributed by atoms with Gasteiger partial charge in [-0.15, -0.1) is 5.10 Å². The zero-order valence-electron chi connectivity index (χ0n) is 9.80. The van der Waals surface area contributed by atoms with Crippen LogP contribution in [0.1, 0.15) is 24.1 Å². The van der Waals surface area contributed by atoms with Gasteiger partial charge in [0.1, 0.15) is 0 Å². The van der Waals surface area contributed by atoms with Crippen LogP contribution in [-0.2, 0) is 6.54 Å². The van der Waals surface area contributed by atoms with Crippen molar-refractivity contribution in [3.63, 3.8) is 0 Å². The first-order chi connectivity index (χ1) is 8.31. The van der Waals surface area contributed by atoms with Crippen LogP contribution in [0, 0.1) is 6.92 Å². The molecule has 1 fully saturated rings. The standard InChI is InChI=1S/C12H15N5/c1-9-2-5-12(16-15-9)17-8-10(7-14-17)6-13-11-3-4-11/h2,5,7-8,11,13H,3-4,6H2,1H3. The van der Waals surface area contributed by atoms with E-state index in [-0.39, 0.29) is 0 Å². The fourth-order valence-corrected chi connectivity index (χ4v) is 1.64. The predicted molar refractivity (Wildman–Crippen MR) is 63.8 cm³/mol. The third-order valence-corrected chi connectivity index (χ3v) is 2.83. The summed E-state index contributed by atoms with van der Waals surface area (Å²) in [7, 11) is 0. The van der Waals surface area contributed by atoms with Gasteiger partial charge in [-0.2, -0.15) is 10.2 Å².